The fourth-order valence-corrected chi connectivity index (χ4v) is 4.24. The molecule has 1 unspecified atom stereocenters. The third kappa shape index (κ3) is 2.50. The van der Waals surface area contributed by atoms with Gasteiger partial charge in [-0.25, -0.2) is 0 Å². The molecule has 4 nitrogen and oxygen atoms in total. The molecule has 1 aromatic carbocycles. The fraction of sp³-hybridized carbons (Fsp3) is 0.500. The Kier molecular flexibility index (Phi) is 3.83. The Morgan fingerprint density at radius 3 is 2.65 bits per heavy atom. The Bertz CT molecular complexity index is 534. The average Bonchev–Trinajstić information content (AvgIpc) is 2.83. The summed E-state index contributed by atoms with van der Waals surface area (Å²) in [4.78, 5) is 1.03. The highest BCUT2D eigenvalue weighted by molar-refractivity contribution is 9.09. The summed E-state index contributed by atoms with van der Waals surface area (Å²) in [6.45, 7) is 3.77. The number of ether oxygens (including phenoxy) is 2. The Balaban J connectivity index is 1.90. The van der Waals surface area contributed by atoms with Gasteiger partial charge < -0.3 is 14.7 Å². The topological polar surface area (TPSA) is 44.5 Å². The van der Waals surface area contributed by atoms with Crippen LogP contribution in [0.5, 0.6) is 0 Å². The van der Waals surface area contributed by atoms with Crippen LogP contribution in [0.25, 0.3) is 0 Å². The van der Waals surface area contributed by atoms with E-state index in [0.717, 1.165) is 9.63 Å². The Morgan fingerprint density at radius 2 is 2.00 bits per heavy atom. The second kappa shape index (κ2) is 5.33. The molecule has 1 saturated heterocycles. The normalized spacial score (nSPS) is 31.6. The molecule has 0 bridgehead atoms. The summed E-state index contributed by atoms with van der Waals surface area (Å²) in [5.74, 6) is -0.639. The van der Waals surface area contributed by atoms with Crippen LogP contribution in [-0.2, 0) is 9.47 Å². The van der Waals surface area contributed by atoms with Crippen molar-refractivity contribution in [1.82, 2.24) is 0 Å². The molecular formula is C14H16BrNO3S. The highest BCUT2D eigenvalue weighted by atomic mass is 79.9. The maximum absolute atomic E-state index is 12.4. The first-order valence-electron chi connectivity index (χ1n) is 6.49. The summed E-state index contributed by atoms with van der Waals surface area (Å²) >= 11 is 4.86. The lowest BCUT2D eigenvalue weighted by molar-refractivity contribution is -0.496. The van der Waals surface area contributed by atoms with E-state index in [1.807, 2.05) is 44.2 Å². The van der Waals surface area contributed by atoms with Gasteiger partial charge in [-0.3, -0.25) is 0 Å². The second-order valence-electron chi connectivity index (χ2n) is 5.32. The lowest BCUT2D eigenvalue weighted by atomic mass is 10.1. The van der Waals surface area contributed by atoms with Crippen LogP contribution in [0.15, 0.2) is 35.2 Å². The average molecular weight is 358 g/mol. The number of halogens is 1. The molecule has 0 radical (unpaired) electrons. The standard InChI is InChI=1S/C14H16BrNO3S/c1-14(2)18-11-10(8-15)16(17)13(12(11)19-14)20-9-6-4-3-5-7-9/h3-7,10-12H,8H2,1-2H3/t10?,11-,12-/m1/s1. The molecule has 2 heterocycles. The first kappa shape index (κ1) is 14.4. The van der Waals surface area contributed by atoms with Gasteiger partial charge in [-0.2, -0.15) is 4.74 Å². The highest BCUT2D eigenvalue weighted by Crippen LogP contribution is 2.39. The summed E-state index contributed by atoms with van der Waals surface area (Å²) in [5, 5.41) is 13.7. The van der Waals surface area contributed by atoms with Gasteiger partial charge in [-0.1, -0.05) is 34.1 Å². The zero-order chi connectivity index (χ0) is 14.3. The highest BCUT2D eigenvalue weighted by Gasteiger charge is 2.57. The van der Waals surface area contributed by atoms with Crippen LogP contribution in [0.3, 0.4) is 0 Å². The first-order valence-corrected chi connectivity index (χ1v) is 8.43. The number of hydrogen-bond donors (Lipinski definition) is 0. The number of rotatable bonds is 2. The van der Waals surface area contributed by atoms with Crippen LogP contribution < -0.4 is 0 Å². The lowest BCUT2D eigenvalue weighted by Gasteiger charge is -2.20. The summed E-state index contributed by atoms with van der Waals surface area (Å²) in [6, 6.07) is 9.62. The monoisotopic (exact) mass is 357 g/mol. The third-order valence-electron chi connectivity index (χ3n) is 3.39. The minimum atomic E-state index is -0.639. The van der Waals surface area contributed by atoms with E-state index in [0.29, 0.717) is 10.4 Å². The van der Waals surface area contributed by atoms with Gasteiger partial charge in [0.15, 0.2) is 18.0 Å². The Hall–Kier alpha value is -0.560. The number of thioether (sulfide) groups is 1. The molecule has 2 aliphatic rings. The molecule has 0 amide bonds. The van der Waals surface area contributed by atoms with E-state index >= 15 is 0 Å². The maximum atomic E-state index is 12.4. The summed E-state index contributed by atoms with van der Waals surface area (Å²) in [7, 11) is 0. The van der Waals surface area contributed by atoms with E-state index in [1.165, 1.54) is 11.8 Å². The quantitative estimate of drug-likeness (QED) is 0.463. The van der Waals surface area contributed by atoms with Gasteiger partial charge in [-0.05, 0) is 37.7 Å². The van der Waals surface area contributed by atoms with Crippen molar-refractivity contribution >= 4 is 32.7 Å². The van der Waals surface area contributed by atoms with Gasteiger partial charge >= 0.3 is 0 Å². The van der Waals surface area contributed by atoms with Gasteiger partial charge in [0.1, 0.15) is 0 Å². The molecule has 1 fully saturated rings. The number of alkyl halides is 1. The molecule has 0 aliphatic carbocycles. The van der Waals surface area contributed by atoms with Gasteiger partial charge in [0.25, 0.3) is 5.04 Å². The van der Waals surface area contributed by atoms with Crippen molar-refractivity contribution in [3.8, 4) is 0 Å². The molecule has 0 aromatic heterocycles. The Labute approximate surface area is 130 Å². The predicted octanol–water partition coefficient (Wildman–Crippen LogP) is 2.98. The molecule has 0 saturated carbocycles. The smallest absolute Gasteiger partial charge is 0.259 e. The van der Waals surface area contributed by atoms with Crippen LogP contribution >= 0.6 is 27.7 Å². The minimum absolute atomic E-state index is 0.215. The lowest BCUT2D eigenvalue weighted by Crippen LogP contribution is -2.35. The van der Waals surface area contributed by atoms with Crippen molar-refractivity contribution in [3.05, 3.63) is 35.5 Å². The maximum Gasteiger partial charge on any atom is 0.259 e. The van der Waals surface area contributed by atoms with Gasteiger partial charge in [0.05, 0.1) is 5.33 Å². The van der Waals surface area contributed by atoms with E-state index in [1.54, 1.807) is 0 Å². The van der Waals surface area contributed by atoms with E-state index in [-0.39, 0.29) is 18.2 Å². The van der Waals surface area contributed by atoms with E-state index < -0.39 is 5.79 Å². The molecule has 0 spiro atoms. The molecule has 3 rings (SSSR count). The van der Waals surface area contributed by atoms with Gasteiger partial charge in [0.2, 0.25) is 6.04 Å². The van der Waals surface area contributed by atoms with Crippen molar-refractivity contribution < 1.29 is 14.2 Å². The summed E-state index contributed by atoms with van der Waals surface area (Å²) in [6.07, 6.45) is -0.497. The van der Waals surface area contributed by atoms with Crippen molar-refractivity contribution in [1.29, 1.82) is 0 Å². The van der Waals surface area contributed by atoms with Crippen LogP contribution in [0.2, 0.25) is 0 Å². The van der Waals surface area contributed by atoms with E-state index in [4.69, 9.17) is 9.47 Å². The van der Waals surface area contributed by atoms with Crippen molar-refractivity contribution in [2.45, 2.75) is 42.8 Å². The van der Waals surface area contributed by atoms with Crippen molar-refractivity contribution in [2.75, 3.05) is 5.33 Å². The molecular weight excluding hydrogens is 342 g/mol. The fourth-order valence-electron chi connectivity index (χ4n) is 2.55. The second-order valence-corrected chi connectivity index (χ2v) is 7.06. The van der Waals surface area contributed by atoms with Crippen LogP contribution in [0, 0.1) is 5.21 Å². The summed E-state index contributed by atoms with van der Waals surface area (Å²) < 4.78 is 12.8. The van der Waals surface area contributed by atoms with Crippen molar-refractivity contribution in [3.63, 3.8) is 0 Å². The van der Waals surface area contributed by atoms with Crippen LogP contribution in [0.4, 0.5) is 0 Å². The molecule has 1 aromatic rings. The minimum Gasteiger partial charge on any atom is -0.623 e. The molecule has 0 N–H and O–H groups in total. The Morgan fingerprint density at radius 1 is 1.30 bits per heavy atom. The van der Waals surface area contributed by atoms with Gasteiger partial charge in [-0.15, -0.1) is 0 Å². The number of nitrogens with zero attached hydrogens (tertiary/aromatic N) is 1. The molecule has 6 heteroatoms. The summed E-state index contributed by atoms with van der Waals surface area (Å²) in [5.41, 5.74) is 0. The zero-order valence-electron chi connectivity index (χ0n) is 11.3. The van der Waals surface area contributed by atoms with Gasteiger partial charge in [0, 0.05) is 4.90 Å². The largest absolute Gasteiger partial charge is 0.623 e. The van der Waals surface area contributed by atoms with Crippen molar-refractivity contribution in [2.24, 2.45) is 0 Å². The molecule has 2 aliphatic heterocycles. The molecule has 20 heavy (non-hydrogen) atoms. The molecule has 108 valence electrons. The number of hydrogen-bond acceptors (Lipinski definition) is 4. The predicted molar refractivity (Wildman–Crippen MR) is 82.3 cm³/mol. The number of benzene rings is 1. The molecule has 3 atom stereocenters. The number of hydroxylamine groups is 1. The first-order chi connectivity index (χ1) is 9.52. The number of fused-ring (bicyclic) bond motifs is 1. The van der Waals surface area contributed by atoms with Crippen LogP contribution in [-0.4, -0.2) is 39.1 Å². The zero-order valence-corrected chi connectivity index (χ0v) is 13.7. The van der Waals surface area contributed by atoms with Crippen LogP contribution in [0.1, 0.15) is 13.8 Å². The third-order valence-corrected chi connectivity index (χ3v) is 5.19. The SMILES string of the molecule is CC1(C)O[C@@H]2C(CBr)[N+]([O-])=C(Sc3ccccc3)[C@@H]2O1. The van der Waals surface area contributed by atoms with E-state index in [2.05, 4.69) is 15.9 Å². The van der Waals surface area contributed by atoms with E-state index in [9.17, 15) is 5.21 Å².